The van der Waals surface area contributed by atoms with Crippen LogP contribution in [0.4, 0.5) is 39.8 Å². The number of thiophene rings is 1. The Balaban J connectivity index is 1.23. The fourth-order valence-corrected chi connectivity index (χ4v) is 16.9. The molecule has 2 heterocycles. The van der Waals surface area contributed by atoms with Gasteiger partial charge >= 0.3 is 0 Å². The summed E-state index contributed by atoms with van der Waals surface area (Å²) in [6.07, 6.45) is 0. The molecular formula is C67H50N4SSi. The maximum Gasteiger partial charge on any atom is 0.187 e. The normalized spacial score (nSPS) is 13.5. The fraction of sp³-hybridized carbons (Fsp3) is 0.104. The Labute approximate surface area is 432 Å². The van der Waals surface area contributed by atoms with Crippen LogP contribution in [0.1, 0.15) is 50.1 Å². The standard InChI is InChI=1S/C67H50N4SSi/c1-41-24-30-49(36-43(41)3)70(47-32-26-45(40-68)27-33-47)59-39-60-63(52-17-9-8-16-51(52)59)54-38-58-64(65(66(54)72-60)71(48-34-28-46(69-5)29-35-48)50-31-25-42(2)44(4)37-50)53-18-10-11-19-55(53)67(58)56-20-12-14-22-61(56)73(6,7)62-23-15-13-21-57(62)67/h8-39H,1-4,6-7H3. The lowest BCUT2D eigenvalue weighted by atomic mass is 9.67. The molecule has 1 aromatic heterocycles. The second-order valence-electron chi connectivity index (χ2n) is 20.4. The van der Waals surface area contributed by atoms with E-state index in [-0.39, 0.29) is 0 Å². The lowest BCUT2D eigenvalue weighted by molar-refractivity contribution is 0.774. The molecule has 0 atom stereocenters. The lowest BCUT2D eigenvalue weighted by Gasteiger charge is -2.46. The molecule has 10 aromatic carbocycles. The first kappa shape index (κ1) is 44.4. The summed E-state index contributed by atoms with van der Waals surface area (Å²) in [4.78, 5) is 8.71. The quantitative estimate of drug-likeness (QED) is 0.123. The van der Waals surface area contributed by atoms with Crippen molar-refractivity contribution in [3.05, 3.63) is 256 Å². The van der Waals surface area contributed by atoms with E-state index in [9.17, 15) is 5.26 Å². The van der Waals surface area contributed by atoms with E-state index in [0.29, 0.717) is 11.3 Å². The van der Waals surface area contributed by atoms with E-state index in [1.54, 1.807) is 0 Å². The van der Waals surface area contributed by atoms with Crippen molar-refractivity contribution in [2.45, 2.75) is 46.2 Å². The molecule has 0 saturated carbocycles. The van der Waals surface area contributed by atoms with Gasteiger partial charge in [0.05, 0.1) is 39.7 Å². The summed E-state index contributed by atoms with van der Waals surface area (Å²) < 4.78 is 2.37. The van der Waals surface area contributed by atoms with Crippen molar-refractivity contribution in [2.24, 2.45) is 0 Å². The summed E-state index contributed by atoms with van der Waals surface area (Å²) in [5.74, 6) is 0. The molecule has 0 radical (unpaired) electrons. The van der Waals surface area contributed by atoms with Crippen LogP contribution in [0, 0.1) is 45.6 Å². The van der Waals surface area contributed by atoms with Gasteiger partial charge in [-0.2, -0.15) is 5.26 Å². The zero-order valence-corrected chi connectivity index (χ0v) is 43.5. The van der Waals surface area contributed by atoms with Gasteiger partial charge < -0.3 is 9.80 Å². The third kappa shape index (κ3) is 6.41. The average Bonchev–Trinajstić information content (AvgIpc) is 3.95. The molecule has 6 heteroatoms. The average molecular weight is 971 g/mol. The maximum atomic E-state index is 9.89. The van der Waals surface area contributed by atoms with Gasteiger partial charge in [-0.15, -0.1) is 11.3 Å². The maximum absolute atomic E-state index is 9.89. The lowest BCUT2D eigenvalue weighted by Crippen LogP contribution is -2.63. The predicted octanol–water partition coefficient (Wildman–Crippen LogP) is 17.3. The molecule has 0 bridgehead atoms. The van der Waals surface area contributed by atoms with E-state index in [1.165, 1.54) is 91.6 Å². The highest BCUT2D eigenvalue weighted by Gasteiger charge is 2.55. The minimum Gasteiger partial charge on any atom is -0.310 e. The molecule has 4 nitrogen and oxygen atoms in total. The zero-order chi connectivity index (χ0) is 49.9. The first-order chi connectivity index (χ1) is 35.5. The van der Waals surface area contributed by atoms with Gasteiger partial charge in [0.15, 0.2) is 5.69 Å². The third-order valence-corrected chi connectivity index (χ3v) is 20.9. The molecule has 0 fully saturated rings. The molecule has 2 aliphatic rings. The summed E-state index contributed by atoms with van der Waals surface area (Å²) in [6.45, 7) is 21.8. The number of aryl methyl sites for hydroxylation is 4. The Hall–Kier alpha value is -8.52. The van der Waals surface area contributed by atoms with Crippen LogP contribution < -0.4 is 20.2 Å². The van der Waals surface area contributed by atoms with E-state index >= 15 is 0 Å². The molecule has 73 heavy (non-hydrogen) atoms. The largest absolute Gasteiger partial charge is 0.310 e. The molecule has 348 valence electrons. The number of anilines is 6. The first-order valence-electron chi connectivity index (χ1n) is 25.0. The van der Waals surface area contributed by atoms with E-state index in [2.05, 4.69) is 231 Å². The number of hydrogen-bond acceptors (Lipinski definition) is 4. The Kier molecular flexibility index (Phi) is 10.1. The highest BCUT2D eigenvalue weighted by Crippen LogP contribution is 2.63. The van der Waals surface area contributed by atoms with E-state index in [1.807, 2.05) is 35.6 Å². The van der Waals surface area contributed by atoms with Gasteiger partial charge in [0.2, 0.25) is 0 Å². The molecule has 13 rings (SSSR count). The van der Waals surface area contributed by atoms with Crippen molar-refractivity contribution in [2.75, 3.05) is 9.80 Å². The van der Waals surface area contributed by atoms with Gasteiger partial charge in [-0.25, -0.2) is 4.85 Å². The Morgan fingerprint density at radius 2 is 1.05 bits per heavy atom. The Morgan fingerprint density at radius 1 is 0.521 bits per heavy atom. The molecule has 0 amide bonds. The summed E-state index contributed by atoms with van der Waals surface area (Å²) in [6, 6.07) is 73.9. The molecule has 0 saturated heterocycles. The van der Waals surface area contributed by atoms with Gasteiger partial charge in [-0.1, -0.05) is 134 Å². The zero-order valence-electron chi connectivity index (χ0n) is 41.7. The van der Waals surface area contributed by atoms with Crippen LogP contribution >= 0.6 is 11.3 Å². The monoisotopic (exact) mass is 970 g/mol. The number of nitrogens with zero attached hydrogens (tertiary/aromatic N) is 4. The summed E-state index contributed by atoms with van der Waals surface area (Å²) in [5, 5.41) is 17.6. The number of nitriles is 1. The van der Waals surface area contributed by atoms with Crippen LogP contribution in [-0.4, -0.2) is 8.07 Å². The number of benzene rings is 10. The van der Waals surface area contributed by atoms with Crippen molar-refractivity contribution < 1.29 is 0 Å². The van der Waals surface area contributed by atoms with Gasteiger partial charge in [0.1, 0.15) is 8.07 Å². The van der Waals surface area contributed by atoms with Crippen LogP contribution in [0.5, 0.6) is 0 Å². The minimum absolute atomic E-state index is 0.607. The smallest absolute Gasteiger partial charge is 0.187 e. The topological polar surface area (TPSA) is 34.6 Å². The van der Waals surface area contributed by atoms with Crippen molar-refractivity contribution in [3.63, 3.8) is 0 Å². The predicted molar refractivity (Wildman–Crippen MR) is 310 cm³/mol. The second-order valence-corrected chi connectivity index (χ2v) is 25.8. The minimum atomic E-state index is -2.19. The van der Waals surface area contributed by atoms with Crippen molar-refractivity contribution in [3.8, 4) is 17.2 Å². The van der Waals surface area contributed by atoms with Gasteiger partial charge in [-0.05, 0) is 166 Å². The highest BCUT2D eigenvalue weighted by atomic mass is 32.1. The molecule has 0 N–H and O–H groups in total. The van der Waals surface area contributed by atoms with Crippen LogP contribution in [0.15, 0.2) is 194 Å². The van der Waals surface area contributed by atoms with E-state index in [4.69, 9.17) is 6.57 Å². The van der Waals surface area contributed by atoms with Crippen LogP contribution in [-0.2, 0) is 5.41 Å². The molecule has 1 spiro atoms. The fourth-order valence-electron chi connectivity index (χ4n) is 12.4. The number of hydrogen-bond donors (Lipinski definition) is 0. The molecule has 0 unspecified atom stereocenters. The van der Waals surface area contributed by atoms with Crippen molar-refractivity contribution in [1.29, 1.82) is 5.26 Å². The van der Waals surface area contributed by atoms with Crippen molar-refractivity contribution >= 4 is 101 Å². The van der Waals surface area contributed by atoms with Crippen LogP contribution in [0.2, 0.25) is 13.1 Å². The van der Waals surface area contributed by atoms with E-state index < -0.39 is 13.5 Å². The Bertz CT molecular complexity index is 4160. The van der Waals surface area contributed by atoms with Crippen LogP contribution in [0.3, 0.4) is 0 Å². The van der Waals surface area contributed by atoms with Crippen LogP contribution in [0.25, 0.3) is 46.9 Å². The SMILES string of the molecule is [C-]#[N+]c1ccc(N(c2ccc(C)c(C)c2)c2c3c(cc4c2sc2cc(N(c5ccc(C#N)cc5)c5ccc(C)c(C)c5)c5ccccc5c24)C2(c4ccccc4-3)c3ccccc3[Si](C)(C)c3ccccc32)cc1. The number of fused-ring (bicyclic) bond motifs is 14. The van der Waals surface area contributed by atoms with Gasteiger partial charge in [-0.3, -0.25) is 0 Å². The molecular weight excluding hydrogens is 921 g/mol. The van der Waals surface area contributed by atoms with Gasteiger partial charge in [0, 0.05) is 49.2 Å². The number of rotatable bonds is 6. The first-order valence-corrected chi connectivity index (χ1v) is 28.8. The molecule has 11 aromatic rings. The van der Waals surface area contributed by atoms with E-state index in [0.717, 1.165) is 39.5 Å². The second kappa shape index (κ2) is 16.5. The summed E-state index contributed by atoms with van der Waals surface area (Å²) in [5.41, 5.74) is 19.6. The van der Waals surface area contributed by atoms with Gasteiger partial charge in [0.25, 0.3) is 0 Å². The third-order valence-electron chi connectivity index (χ3n) is 16.2. The molecule has 1 aliphatic heterocycles. The summed E-state index contributed by atoms with van der Waals surface area (Å²) >= 11 is 1.86. The molecule has 1 aliphatic carbocycles. The van der Waals surface area contributed by atoms with Crippen molar-refractivity contribution in [1.82, 2.24) is 0 Å². The highest BCUT2D eigenvalue weighted by molar-refractivity contribution is 7.26. The summed E-state index contributed by atoms with van der Waals surface area (Å²) in [7, 11) is -2.19. The Morgan fingerprint density at radius 3 is 1.67 bits per heavy atom.